The van der Waals surface area contributed by atoms with Crippen LogP contribution in [0.2, 0.25) is 0 Å². The van der Waals surface area contributed by atoms with Crippen molar-refractivity contribution in [3.63, 3.8) is 0 Å². The monoisotopic (exact) mass is 642 g/mol. The van der Waals surface area contributed by atoms with Crippen LogP contribution in [0.5, 0.6) is 11.8 Å². The summed E-state index contributed by atoms with van der Waals surface area (Å²) in [4.78, 5) is 0. The molecule has 0 aliphatic rings. The Morgan fingerprint density at radius 2 is 0.902 bits per heavy atom. The predicted molar refractivity (Wildman–Crippen MR) is 130 cm³/mol. The summed E-state index contributed by atoms with van der Waals surface area (Å²) in [7, 11) is -4.59. The Bertz CT molecular complexity index is 1200. The molecular formula is C23H32F6N2O8S2. The van der Waals surface area contributed by atoms with Gasteiger partial charge in [0.15, 0.2) is 31.6 Å². The van der Waals surface area contributed by atoms with Gasteiger partial charge in [0, 0.05) is 25.0 Å². The third kappa shape index (κ3) is 14.2. The Labute approximate surface area is 235 Å². The number of pyridine rings is 2. The van der Waals surface area contributed by atoms with E-state index < -0.39 is 31.3 Å². The number of unbranched alkanes of at least 4 members (excludes halogenated alkanes) is 4. The molecule has 0 saturated heterocycles. The van der Waals surface area contributed by atoms with E-state index in [1.165, 1.54) is 43.5 Å². The zero-order valence-electron chi connectivity index (χ0n) is 22.7. The number of alkyl halides is 6. The summed E-state index contributed by atoms with van der Waals surface area (Å²) in [6.07, 6.45) is 8.53. The zero-order chi connectivity index (χ0) is 32.1. The van der Waals surface area contributed by atoms with E-state index in [0.717, 1.165) is 24.6 Å². The molecule has 2 rings (SSSR count). The van der Waals surface area contributed by atoms with Crippen molar-refractivity contribution in [2.75, 3.05) is 14.2 Å². The van der Waals surface area contributed by atoms with Crippen molar-refractivity contribution < 1.29 is 70.9 Å². The Morgan fingerprint density at radius 1 is 0.634 bits per heavy atom. The second-order valence-corrected chi connectivity index (χ2v) is 11.0. The fourth-order valence-electron chi connectivity index (χ4n) is 3.27. The number of rotatable bonds is 10. The Kier molecular flexibility index (Phi) is 15.6. The van der Waals surface area contributed by atoms with Gasteiger partial charge in [-0.1, -0.05) is 19.3 Å². The van der Waals surface area contributed by atoms with Crippen molar-refractivity contribution in [2.24, 2.45) is 14.1 Å². The van der Waals surface area contributed by atoms with Crippen molar-refractivity contribution >= 4 is 20.2 Å². The summed E-state index contributed by atoms with van der Waals surface area (Å²) in [5.41, 5.74) is -8.62. The van der Waals surface area contributed by atoms with E-state index in [9.17, 15) is 26.3 Å². The van der Waals surface area contributed by atoms with Gasteiger partial charge < -0.3 is 18.6 Å². The molecule has 0 amide bonds. The van der Waals surface area contributed by atoms with Gasteiger partial charge in [-0.05, 0) is 25.0 Å². The number of aryl methyl sites for hydroxylation is 2. The van der Waals surface area contributed by atoms with Crippen molar-refractivity contribution in [1.82, 2.24) is 0 Å². The van der Waals surface area contributed by atoms with Crippen LogP contribution in [0.25, 0.3) is 0 Å². The number of aromatic nitrogens is 2. The highest BCUT2D eigenvalue weighted by molar-refractivity contribution is 7.86. The van der Waals surface area contributed by atoms with Crippen LogP contribution in [0.3, 0.4) is 0 Å². The van der Waals surface area contributed by atoms with E-state index in [0.29, 0.717) is 0 Å². The topological polar surface area (TPSA) is 141 Å². The fraction of sp³-hybridized carbons (Fsp3) is 0.565. The van der Waals surface area contributed by atoms with Gasteiger partial charge in [0.05, 0.1) is 26.4 Å². The summed E-state index contributed by atoms with van der Waals surface area (Å²) in [6.45, 7) is 0. The van der Waals surface area contributed by atoms with Crippen molar-refractivity contribution in [3.05, 3.63) is 47.8 Å². The van der Waals surface area contributed by atoms with E-state index >= 15 is 0 Å². The van der Waals surface area contributed by atoms with Crippen LogP contribution < -0.4 is 18.6 Å². The summed E-state index contributed by atoms with van der Waals surface area (Å²) >= 11 is 0. The van der Waals surface area contributed by atoms with Crippen LogP contribution in [-0.2, 0) is 47.2 Å². The first-order chi connectivity index (χ1) is 18.7. The highest BCUT2D eigenvalue weighted by Gasteiger charge is 2.37. The second kappa shape index (κ2) is 16.7. The van der Waals surface area contributed by atoms with Crippen molar-refractivity contribution in [3.8, 4) is 11.8 Å². The first-order valence-corrected chi connectivity index (χ1v) is 14.6. The van der Waals surface area contributed by atoms with Crippen LogP contribution in [0.15, 0.2) is 36.4 Å². The minimum absolute atomic E-state index is 0.920. The van der Waals surface area contributed by atoms with Gasteiger partial charge in [-0.25, -0.2) is 16.8 Å². The third-order valence-electron chi connectivity index (χ3n) is 5.43. The van der Waals surface area contributed by atoms with E-state index in [1.54, 1.807) is 14.2 Å². The minimum Gasteiger partial charge on any atom is -0.741 e. The maximum Gasteiger partial charge on any atom is 0.485 e. The van der Waals surface area contributed by atoms with E-state index in [-0.39, 0.29) is 0 Å². The summed E-state index contributed by atoms with van der Waals surface area (Å²) in [6, 6.07) is 12.5. The van der Waals surface area contributed by atoms with Gasteiger partial charge in [-0.3, -0.25) is 0 Å². The molecule has 41 heavy (non-hydrogen) atoms. The maximum absolute atomic E-state index is 10.7. The van der Waals surface area contributed by atoms with E-state index in [1.807, 2.05) is 12.1 Å². The number of ether oxygens (including phenoxy) is 2. The Balaban J connectivity index is 0.000000820. The van der Waals surface area contributed by atoms with Crippen LogP contribution in [0, 0.1) is 0 Å². The molecule has 10 nitrogen and oxygen atoms in total. The van der Waals surface area contributed by atoms with Crippen molar-refractivity contribution in [2.45, 2.75) is 56.0 Å². The lowest BCUT2D eigenvalue weighted by atomic mass is 10.1. The SMILES string of the molecule is COc1cccc(CCCCCCCc2cccc(OC)[n+]2C)[n+]1C.O=S(=O)([O-])C(F)(F)F.O=S(=O)([O-])C(F)(F)F. The largest absolute Gasteiger partial charge is 0.741 e. The summed E-state index contributed by atoms with van der Waals surface area (Å²) in [5, 5.41) is 0. The summed E-state index contributed by atoms with van der Waals surface area (Å²) < 4.78 is 133. The van der Waals surface area contributed by atoms with Gasteiger partial charge in [-0.2, -0.15) is 35.5 Å². The lowest BCUT2D eigenvalue weighted by molar-refractivity contribution is -0.684. The molecule has 0 aliphatic heterocycles. The minimum atomic E-state index is -6.09. The average molecular weight is 643 g/mol. The van der Waals surface area contributed by atoms with Crippen LogP contribution in [-0.4, -0.2) is 51.2 Å². The quantitative estimate of drug-likeness (QED) is 0.127. The standard InChI is InChI=1S/C21H32N2O2.2CHF3O3S/c1-22-18(14-10-16-20(22)24-3)12-8-6-5-7-9-13-19-15-11-17-21(25-4)23(19)2;2*2-1(3,4)8(5,6)7/h10-11,14-17H,5-9,12-13H2,1-4H3;2*(H,5,6,7)/q+2;;/p-2. The van der Waals surface area contributed by atoms with Gasteiger partial charge in [-0.15, -0.1) is 0 Å². The van der Waals surface area contributed by atoms with Crippen LogP contribution in [0.4, 0.5) is 26.3 Å². The van der Waals surface area contributed by atoms with Crippen LogP contribution in [0.1, 0.15) is 43.5 Å². The molecule has 0 saturated carbocycles. The molecule has 18 heteroatoms. The molecule has 2 aromatic heterocycles. The molecular weight excluding hydrogens is 610 g/mol. The molecule has 0 fully saturated rings. The van der Waals surface area contributed by atoms with Crippen LogP contribution >= 0.6 is 0 Å². The molecule has 0 bridgehead atoms. The highest BCUT2D eigenvalue weighted by atomic mass is 32.2. The second-order valence-electron chi connectivity index (χ2n) is 8.30. The van der Waals surface area contributed by atoms with Gasteiger partial charge in [0.2, 0.25) is 0 Å². The molecule has 0 unspecified atom stereocenters. The zero-order valence-corrected chi connectivity index (χ0v) is 24.3. The smallest absolute Gasteiger partial charge is 0.485 e. The molecule has 2 heterocycles. The number of halogens is 6. The van der Waals surface area contributed by atoms with E-state index in [2.05, 4.69) is 47.5 Å². The molecule has 236 valence electrons. The maximum atomic E-state index is 10.7. The molecule has 0 atom stereocenters. The Hall–Kier alpha value is -2.70. The highest BCUT2D eigenvalue weighted by Crippen LogP contribution is 2.21. The average Bonchev–Trinajstić information content (AvgIpc) is 2.83. The predicted octanol–water partition coefficient (Wildman–Crippen LogP) is 3.19. The van der Waals surface area contributed by atoms with E-state index in [4.69, 9.17) is 35.4 Å². The van der Waals surface area contributed by atoms with Gasteiger partial charge in [0.25, 0.3) is 0 Å². The third-order valence-corrected chi connectivity index (χ3v) is 6.56. The molecule has 2 aromatic rings. The molecule has 0 aliphatic carbocycles. The molecule has 0 aromatic carbocycles. The van der Waals surface area contributed by atoms with Gasteiger partial charge >= 0.3 is 22.8 Å². The molecule has 0 N–H and O–H groups in total. The number of methoxy groups -OCH3 is 2. The molecule has 0 spiro atoms. The lowest BCUT2D eigenvalue weighted by Crippen LogP contribution is -2.35. The molecule has 0 radical (unpaired) electrons. The van der Waals surface area contributed by atoms with Crippen molar-refractivity contribution in [1.29, 1.82) is 0 Å². The first-order valence-electron chi connectivity index (χ1n) is 11.8. The summed E-state index contributed by atoms with van der Waals surface area (Å²) in [5.74, 6) is 1.84. The first kappa shape index (κ1) is 38.3. The lowest BCUT2D eigenvalue weighted by Gasteiger charge is -2.08. The Morgan fingerprint density at radius 3 is 1.15 bits per heavy atom. The van der Waals surface area contributed by atoms with Gasteiger partial charge in [0.1, 0.15) is 14.1 Å². The fourth-order valence-corrected chi connectivity index (χ4v) is 3.27. The number of hydrogen-bond donors (Lipinski definition) is 0. The normalized spacial score (nSPS) is 12.0. The number of hydrogen-bond acceptors (Lipinski definition) is 8. The number of nitrogens with zero attached hydrogens (tertiary/aromatic N) is 2.